The zero-order valence-corrected chi connectivity index (χ0v) is 28.7. The van der Waals surface area contributed by atoms with Crippen LogP contribution in [0, 0.1) is 6.92 Å². The summed E-state index contributed by atoms with van der Waals surface area (Å²) in [6.45, 7) is 1.17. The number of aryl methyl sites for hydroxylation is 1. The van der Waals surface area contributed by atoms with E-state index in [1.165, 1.54) is 10.8 Å². The highest BCUT2D eigenvalue weighted by Gasteiger charge is 2.42. The molecule has 264 valence electrons. The molecule has 2 fully saturated rings. The fourth-order valence-corrected chi connectivity index (χ4v) is 7.09. The zero-order valence-electron chi connectivity index (χ0n) is 28.7. The second-order valence-corrected chi connectivity index (χ2v) is 13.0. The highest BCUT2D eigenvalue weighted by atomic mass is 16.6. The summed E-state index contributed by atoms with van der Waals surface area (Å²) in [5, 5.41) is 14.3. The standard InChI is InChI=1S/C39H45N3O8/c1-26-23-41(38(46)42(37(26)45)24-35(44)40-30-12-8-5-9-13-30)36-22-33(43)34(50-36)25-49-39(27-10-6-4-7-11-27,28-14-18-31(47-2)19-15-28)29-16-20-32(48-3)21-17-29/h4,6-7,10-11,14-21,23,30,33-34,36,43H,5,8-9,12-13,22,24-25H2,1-3H3,(H,40,44)/t33-,34+,36+/m0/s1. The number of methoxy groups -OCH3 is 2. The van der Waals surface area contributed by atoms with Crippen molar-refractivity contribution < 1.29 is 28.8 Å². The highest BCUT2D eigenvalue weighted by Crippen LogP contribution is 2.42. The Bertz CT molecular complexity index is 1820. The van der Waals surface area contributed by atoms with Gasteiger partial charge >= 0.3 is 5.69 Å². The van der Waals surface area contributed by atoms with Crippen LogP contribution in [0.1, 0.15) is 67.0 Å². The minimum absolute atomic E-state index is 0.0399. The normalized spacial score (nSPS) is 19.6. The number of aliphatic hydroxyl groups excluding tert-OH is 1. The van der Waals surface area contributed by atoms with E-state index in [-0.39, 0.29) is 37.1 Å². The van der Waals surface area contributed by atoms with Gasteiger partial charge in [-0.1, -0.05) is 73.9 Å². The number of nitrogens with zero attached hydrogens (tertiary/aromatic N) is 2. The first kappa shape index (κ1) is 35.1. The number of aliphatic hydroxyl groups is 1. The fraction of sp³-hybridized carbons (Fsp3) is 0.410. The van der Waals surface area contributed by atoms with Crippen molar-refractivity contribution in [3.05, 3.63) is 128 Å². The molecule has 6 rings (SSSR count). The summed E-state index contributed by atoms with van der Waals surface area (Å²) in [5.41, 5.74) is 0.448. The Balaban J connectivity index is 1.29. The van der Waals surface area contributed by atoms with Crippen molar-refractivity contribution in [1.29, 1.82) is 0 Å². The molecule has 2 heterocycles. The number of aromatic nitrogens is 2. The van der Waals surface area contributed by atoms with Crippen molar-refractivity contribution in [1.82, 2.24) is 14.5 Å². The van der Waals surface area contributed by atoms with Gasteiger partial charge in [-0.15, -0.1) is 0 Å². The number of benzene rings is 3. The Kier molecular flexibility index (Phi) is 10.9. The average molecular weight is 684 g/mol. The van der Waals surface area contributed by atoms with E-state index in [1.807, 2.05) is 78.9 Å². The van der Waals surface area contributed by atoms with Crippen molar-refractivity contribution in [2.24, 2.45) is 0 Å². The topological polar surface area (TPSA) is 130 Å². The van der Waals surface area contributed by atoms with Gasteiger partial charge in [-0.3, -0.25) is 18.7 Å². The smallest absolute Gasteiger partial charge is 0.333 e. The summed E-state index contributed by atoms with van der Waals surface area (Å²) in [4.78, 5) is 39.6. The average Bonchev–Trinajstić information content (AvgIpc) is 3.52. The van der Waals surface area contributed by atoms with Crippen LogP contribution in [0.4, 0.5) is 0 Å². The maximum absolute atomic E-state index is 13.7. The molecule has 1 aliphatic heterocycles. The molecule has 50 heavy (non-hydrogen) atoms. The number of carbonyl (C=O) groups is 1. The predicted octanol–water partition coefficient (Wildman–Crippen LogP) is 4.44. The first-order valence-electron chi connectivity index (χ1n) is 17.2. The molecule has 1 aliphatic carbocycles. The molecule has 0 radical (unpaired) electrons. The number of hydrogen-bond acceptors (Lipinski definition) is 8. The van der Waals surface area contributed by atoms with E-state index in [4.69, 9.17) is 18.9 Å². The van der Waals surface area contributed by atoms with Crippen LogP contribution in [0.15, 0.2) is 94.6 Å². The fourth-order valence-electron chi connectivity index (χ4n) is 7.09. The van der Waals surface area contributed by atoms with E-state index in [1.54, 1.807) is 21.1 Å². The quantitative estimate of drug-likeness (QED) is 0.210. The van der Waals surface area contributed by atoms with Crippen molar-refractivity contribution in [2.75, 3.05) is 20.8 Å². The summed E-state index contributed by atoms with van der Waals surface area (Å²) >= 11 is 0. The lowest BCUT2D eigenvalue weighted by Crippen LogP contribution is -2.47. The van der Waals surface area contributed by atoms with Crippen molar-refractivity contribution >= 4 is 5.91 Å². The SMILES string of the molecule is COc1ccc(C(OC[C@H]2O[C@@H](n3cc(C)c(=O)n(CC(=O)NC4CCCCC4)c3=O)C[C@@H]2O)(c2ccccc2)c2ccc(OC)cc2)cc1. The zero-order chi connectivity index (χ0) is 35.3. The molecule has 11 nitrogen and oxygen atoms in total. The number of nitrogens with one attached hydrogen (secondary N) is 1. The molecule has 4 aromatic rings. The molecule has 0 bridgehead atoms. The van der Waals surface area contributed by atoms with E-state index < -0.39 is 35.3 Å². The van der Waals surface area contributed by atoms with E-state index in [2.05, 4.69) is 5.32 Å². The van der Waals surface area contributed by atoms with E-state index in [9.17, 15) is 19.5 Å². The molecule has 1 saturated heterocycles. The van der Waals surface area contributed by atoms with Gasteiger partial charge < -0.3 is 29.4 Å². The van der Waals surface area contributed by atoms with Crippen LogP contribution in [0.25, 0.3) is 0 Å². The number of carbonyl (C=O) groups excluding carboxylic acids is 1. The van der Waals surface area contributed by atoms with Gasteiger partial charge in [0.05, 0.1) is 26.9 Å². The molecular weight excluding hydrogens is 638 g/mol. The minimum Gasteiger partial charge on any atom is -0.497 e. The van der Waals surface area contributed by atoms with Crippen LogP contribution >= 0.6 is 0 Å². The second-order valence-electron chi connectivity index (χ2n) is 13.0. The van der Waals surface area contributed by atoms with Gasteiger partial charge in [-0.25, -0.2) is 4.79 Å². The molecule has 2 aliphatic rings. The first-order valence-corrected chi connectivity index (χ1v) is 17.2. The molecular formula is C39H45N3O8. The van der Waals surface area contributed by atoms with E-state index in [0.29, 0.717) is 11.5 Å². The third-order valence-electron chi connectivity index (χ3n) is 9.79. The maximum Gasteiger partial charge on any atom is 0.333 e. The van der Waals surface area contributed by atoms with Crippen LogP contribution in [-0.2, 0) is 26.4 Å². The summed E-state index contributed by atoms with van der Waals surface area (Å²) < 4.78 is 26.4. The second kappa shape index (κ2) is 15.5. The largest absolute Gasteiger partial charge is 0.497 e. The summed E-state index contributed by atoms with van der Waals surface area (Å²) in [7, 11) is 3.22. The van der Waals surface area contributed by atoms with E-state index >= 15 is 0 Å². The van der Waals surface area contributed by atoms with Crippen LogP contribution in [0.5, 0.6) is 11.5 Å². The van der Waals surface area contributed by atoms with Gasteiger partial charge in [0.25, 0.3) is 5.56 Å². The summed E-state index contributed by atoms with van der Waals surface area (Å²) in [5.74, 6) is 1.01. The predicted molar refractivity (Wildman–Crippen MR) is 188 cm³/mol. The third-order valence-corrected chi connectivity index (χ3v) is 9.79. The Labute approximate surface area is 291 Å². The number of amides is 1. The first-order chi connectivity index (χ1) is 24.2. The maximum atomic E-state index is 13.7. The van der Waals surface area contributed by atoms with Gasteiger partial charge in [0.2, 0.25) is 5.91 Å². The van der Waals surface area contributed by atoms with Gasteiger partial charge in [0, 0.05) is 24.2 Å². The Hall–Kier alpha value is -4.71. The van der Waals surface area contributed by atoms with Crippen LogP contribution in [0.3, 0.4) is 0 Å². The Morgan fingerprint density at radius 2 is 1.46 bits per heavy atom. The molecule has 1 amide bonds. The summed E-state index contributed by atoms with van der Waals surface area (Å²) in [6, 6.07) is 25.1. The van der Waals surface area contributed by atoms with Crippen LogP contribution < -0.4 is 26.0 Å². The lowest BCUT2D eigenvalue weighted by atomic mass is 9.80. The Morgan fingerprint density at radius 1 is 0.880 bits per heavy atom. The van der Waals surface area contributed by atoms with Crippen molar-refractivity contribution in [3.8, 4) is 11.5 Å². The van der Waals surface area contributed by atoms with Gasteiger partial charge in [0.15, 0.2) is 0 Å². The number of rotatable bonds is 12. The number of ether oxygens (including phenoxy) is 4. The molecule has 0 unspecified atom stereocenters. The molecule has 3 atom stereocenters. The van der Waals surface area contributed by atoms with Crippen molar-refractivity contribution in [3.63, 3.8) is 0 Å². The monoisotopic (exact) mass is 683 g/mol. The Morgan fingerprint density at radius 3 is 2.04 bits per heavy atom. The highest BCUT2D eigenvalue weighted by molar-refractivity contribution is 5.76. The molecule has 2 N–H and O–H groups in total. The number of hydrogen-bond donors (Lipinski definition) is 2. The molecule has 11 heteroatoms. The molecule has 1 saturated carbocycles. The van der Waals surface area contributed by atoms with Gasteiger partial charge in [-0.05, 0) is 60.7 Å². The minimum atomic E-state index is -1.13. The molecule has 3 aromatic carbocycles. The lowest BCUT2D eigenvalue weighted by molar-refractivity contribution is -0.122. The third kappa shape index (κ3) is 7.26. The van der Waals surface area contributed by atoms with Gasteiger partial charge in [-0.2, -0.15) is 0 Å². The van der Waals surface area contributed by atoms with Gasteiger partial charge in [0.1, 0.15) is 36.0 Å². The van der Waals surface area contributed by atoms with Crippen LogP contribution in [0.2, 0.25) is 0 Å². The molecule has 1 aromatic heterocycles. The van der Waals surface area contributed by atoms with Crippen LogP contribution in [-0.4, -0.2) is 59.2 Å². The van der Waals surface area contributed by atoms with E-state index in [0.717, 1.165) is 53.4 Å². The van der Waals surface area contributed by atoms with Crippen molar-refractivity contribution in [2.45, 2.75) is 82.1 Å². The lowest BCUT2D eigenvalue weighted by Gasteiger charge is -2.37. The summed E-state index contributed by atoms with van der Waals surface area (Å²) in [6.07, 6.45) is 3.84. The molecule has 0 spiro atoms.